The highest BCUT2D eigenvalue weighted by Crippen LogP contribution is 2.34. The first-order chi connectivity index (χ1) is 20.5. The normalized spacial score (nSPS) is 14.3. The quantitative estimate of drug-likeness (QED) is 0.233. The third kappa shape index (κ3) is 6.54. The van der Waals surface area contributed by atoms with Gasteiger partial charge in [-0.25, -0.2) is 0 Å². The molecule has 0 aliphatic heterocycles. The van der Waals surface area contributed by atoms with Crippen molar-refractivity contribution >= 4 is 22.7 Å². The monoisotopic (exact) mass is 569 g/mol. The second-order valence-corrected chi connectivity index (χ2v) is 10.8. The van der Waals surface area contributed by atoms with Crippen LogP contribution >= 0.6 is 0 Å². The number of aromatic amines is 1. The van der Waals surface area contributed by atoms with Crippen molar-refractivity contribution < 1.29 is 23.8 Å². The van der Waals surface area contributed by atoms with E-state index >= 15 is 0 Å². The molecule has 0 radical (unpaired) electrons. The van der Waals surface area contributed by atoms with E-state index in [-0.39, 0.29) is 30.8 Å². The zero-order chi connectivity index (χ0) is 29.5. The Labute approximate surface area is 247 Å². The molecule has 0 spiro atoms. The predicted octanol–water partition coefficient (Wildman–Crippen LogP) is 5.96. The molecular weight excluding hydrogens is 530 g/mol. The number of rotatable bonds is 11. The third-order valence-corrected chi connectivity index (χ3v) is 8.08. The number of hydrogen-bond donors (Lipinski definition) is 2. The summed E-state index contributed by atoms with van der Waals surface area (Å²) in [7, 11) is 4.76. The molecule has 1 saturated carbocycles. The lowest BCUT2D eigenvalue weighted by Gasteiger charge is -2.34. The number of nitrogens with zero attached hydrogens (tertiary/aromatic N) is 1. The summed E-state index contributed by atoms with van der Waals surface area (Å²) < 4.78 is 16.4. The first kappa shape index (κ1) is 29.0. The Kier molecular flexibility index (Phi) is 9.31. The van der Waals surface area contributed by atoms with Gasteiger partial charge in [-0.1, -0.05) is 55.7 Å². The van der Waals surface area contributed by atoms with Gasteiger partial charge >= 0.3 is 0 Å². The molecule has 4 aromatic rings. The molecule has 8 nitrogen and oxygen atoms in total. The Morgan fingerprint density at radius 3 is 2.36 bits per heavy atom. The fourth-order valence-corrected chi connectivity index (χ4v) is 5.82. The summed E-state index contributed by atoms with van der Waals surface area (Å²) in [5, 5.41) is 4.27. The molecule has 1 aliphatic carbocycles. The topological polar surface area (TPSA) is 92.9 Å². The van der Waals surface area contributed by atoms with E-state index in [0.717, 1.165) is 53.5 Å². The number of fused-ring (bicyclic) bond motifs is 1. The summed E-state index contributed by atoms with van der Waals surface area (Å²) in [6.45, 7) is 0.238. The molecule has 2 amide bonds. The number of amides is 2. The first-order valence-electron chi connectivity index (χ1n) is 14.5. The van der Waals surface area contributed by atoms with Gasteiger partial charge in [-0.3, -0.25) is 9.59 Å². The van der Waals surface area contributed by atoms with E-state index in [2.05, 4.69) is 10.3 Å². The van der Waals surface area contributed by atoms with Gasteiger partial charge in [0.05, 0.1) is 27.8 Å². The number of para-hydroxylation sites is 1. The Hall–Kier alpha value is -4.46. The molecule has 0 bridgehead atoms. The van der Waals surface area contributed by atoms with Gasteiger partial charge in [-0.05, 0) is 59.9 Å². The lowest BCUT2D eigenvalue weighted by atomic mass is 9.94. The maximum atomic E-state index is 14.3. The van der Waals surface area contributed by atoms with Gasteiger partial charge in [-0.2, -0.15) is 0 Å². The van der Waals surface area contributed by atoms with Crippen LogP contribution in [0.3, 0.4) is 0 Å². The van der Waals surface area contributed by atoms with Gasteiger partial charge in [0.15, 0.2) is 11.5 Å². The second kappa shape index (κ2) is 13.5. The largest absolute Gasteiger partial charge is 0.497 e. The second-order valence-electron chi connectivity index (χ2n) is 10.8. The maximum absolute atomic E-state index is 14.3. The SMILES string of the molecule is COc1ccc(CN(C(=O)Cc2c[nH]c3ccccc23)C(C(=O)NC2CCCCC2)c2ccc(OC)c(OC)c2)cc1. The van der Waals surface area contributed by atoms with Gasteiger partial charge in [-0.15, -0.1) is 0 Å². The van der Waals surface area contributed by atoms with Crippen LogP contribution in [0.4, 0.5) is 0 Å². The number of methoxy groups -OCH3 is 3. The summed E-state index contributed by atoms with van der Waals surface area (Å²) in [6, 6.07) is 20.1. The summed E-state index contributed by atoms with van der Waals surface area (Å²) in [6.07, 6.45) is 7.24. The average molecular weight is 570 g/mol. The fourth-order valence-electron chi connectivity index (χ4n) is 5.82. The molecule has 220 valence electrons. The van der Waals surface area contributed by atoms with Crippen LogP contribution < -0.4 is 19.5 Å². The van der Waals surface area contributed by atoms with Gasteiger partial charge in [0.25, 0.3) is 0 Å². The molecular formula is C34H39N3O5. The number of hydrogen-bond acceptors (Lipinski definition) is 5. The maximum Gasteiger partial charge on any atom is 0.247 e. The minimum Gasteiger partial charge on any atom is -0.497 e. The molecule has 42 heavy (non-hydrogen) atoms. The molecule has 1 aromatic heterocycles. The number of benzene rings is 3. The Morgan fingerprint density at radius 2 is 1.64 bits per heavy atom. The first-order valence-corrected chi connectivity index (χ1v) is 14.5. The van der Waals surface area contributed by atoms with E-state index in [1.165, 1.54) is 6.42 Å². The zero-order valence-electron chi connectivity index (χ0n) is 24.5. The predicted molar refractivity (Wildman–Crippen MR) is 163 cm³/mol. The third-order valence-electron chi connectivity index (χ3n) is 8.08. The minimum atomic E-state index is -0.883. The molecule has 1 heterocycles. The Morgan fingerprint density at radius 1 is 0.905 bits per heavy atom. The van der Waals surface area contributed by atoms with E-state index in [4.69, 9.17) is 14.2 Å². The molecule has 1 aliphatic rings. The number of aromatic nitrogens is 1. The van der Waals surface area contributed by atoms with E-state index in [1.807, 2.05) is 60.8 Å². The molecule has 2 N–H and O–H groups in total. The van der Waals surface area contributed by atoms with Crippen molar-refractivity contribution in [3.05, 3.63) is 89.6 Å². The molecule has 1 fully saturated rings. The van der Waals surface area contributed by atoms with Crippen LogP contribution in [0.5, 0.6) is 17.2 Å². The fraction of sp³-hybridized carbons (Fsp3) is 0.353. The van der Waals surface area contributed by atoms with E-state index in [0.29, 0.717) is 17.1 Å². The molecule has 5 rings (SSSR count). The molecule has 3 aromatic carbocycles. The van der Waals surface area contributed by atoms with Crippen LogP contribution in [0, 0.1) is 0 Å². The van der Waals surface area contributed by atoms with Crippen molar-refractivity contribution in [1.82, 2.24) is 15.2 Å². The zero-order valence-corrected chi connectivity index (χ0v) is 24.5. The van der Waals surface area contributed by atoms with Gasteiger partial charge < -0.3 is 29.4 Å². The van der Waals surface area contributed by atoms with Crippen molar-refractivity contribution in [3.63, 3.8) is 0 Å². The van der Waals surface area contributed by atoms with E-state index in [9.17, 15) is 9.59 Å². The van der Waals surface area contributed by atoms with E-state index in [1.54, 1.807) is 38.4 Å². The number of carbonyl (C=O) groups is 2. The van der Waals surface area contributed by atoms with Crippen molar-refractivity contribution in [2.75, 3.05) is 21.3 Å². The van der Waals surface area contributed by atoms with Crippen LogP contribution in [0.2, 0.25) is 0 Å². The molecule has 1 unspecified atom stereocenters. The van der Waals surface area contributed by atoms with Crippen LogP contribution in [-0.2, 0) is 22.6 Å². The Balaban J connectivity index is 1.56. The lowest BCUT2D eigenvalue weighted by molar-refractivity contribution is -0.141. The number of H-pyrrole nitrogens is 1. The molecule has 1 atom stereocenters. The summed E-state index contributed by atoms with van der Waals surface area (Å²) in [5.74, 6) is 1.42. The lowest BCUT2D eigenvalue weighted by Crippen LogP contribution is -2.47. The standard InChI is InChI=1S/C34H39N3O5/c1-40-27-16-13-23(14-17-27)22-37(32(38)20-25-21-35-29-12-8-7-11-28(25)29)33(34(39)36-26-9-5-4-6-10-26)24-15-18-30(41-2)31(19-24)42-3/h7-8,11-19,21,26,33,35H,4-6,9-10,20,22H2,1-3H3,(H,36,39). The van der Waals surface area contributed by atoms with Crippen molar-refractivity contribution in [3.8, 4) is 17.2 Å². The minimum absolute atomic E-state index is 0.0837. The van der Waals surface area contributed by atoms with Crippen molar-refractivity contribution in [1.29, 1.82) is 0 Å². The van der Waals surface area contributed by atoms with Gasteiger partial charge in [0.2, 0.25) is 11.8 Å². The average Bonchev–Trinajstić information content (AvgIpc) is 3.43. The number of ether oxygens (including phenoxy) is 3. The van der Waals surface area contributed by atoms with Crippen LogP contribution in [0.15, 0.2) is 72.9 Å². The van der Waals surface area contributed by atoms with Crippen molar-refractivity contribution in [2.24, 2.45) is 0 Å². The van der Waals surface area contributed by atoms with Crippen LogP contribution in [-0.4, -0.2) is 49.1 Å². The summed E-state index contributed by atoms with van der Waals surface area (Å²) >= 11 is 0. The molecule has 8 heteroatoms. The van der Waals surface area contributed by atoms with Crippen LogP contribution in [0.25, 0.3) is 10.9 Å². The highest BCUT2D eigenvalue weighted by atomic mass is 16.5. The summed E-state index contributed by atoms with van der Waals surface area (Å²) in [4.78, 5) is 33.5. The summed E-state index contributed by atoms with van der Waals surface area (Å²) in [5.41, 5.74) is 3.39. The highest BCUT2D eigenvalue weighted by molar-refractivity contribution is 5.92. The van der Waals surface area contributed by atoms with Gasteiger partial charge in [0, 0.05) is 29.7 Å². The number of nitrogens with one attached hydrogen (secondary N) is 2. The molecule has 0 saturated heterocycles. The Bertz CT molecular complexity index is 1510. The van der Waals surface area contributed by atoms with Crippen LogP contribution in [0.1, 0.15) is 54.8 Å². The number of carbonyl (C=O) groups excluding carboxylic acids is 2. The van der Waals surface area contributed by atoms with Crippen molar-refractivity contribution in [2.45, 2.75) is 57.2 Å². The van der Waals surface area contributed by atoms with E-state index < -0.39 is 6.04 Å². The van der Waals surface area contributed by atoms with Gasteiger partial charge in [0.1, 0.15) is 11.8 Å². The highest BCUT2D eigenvalue weighted by Gasteiger charge is 2.34. The smallest absolute Gasteiger partial charge is 0.247 e.